The summed E-state index contributed by atoms with van der Waals surface area (Å²) in [5.74, 6) is 0. The highest BCUT2D eigenvalue weighted by Gasteiger charge is 2.06. The number of anilines is 2. The number of hydrogen-bond acceptors (Lipinski definition) is 2. The maximum Gasteiger partial charge on any atom is 0.0395 e. The van der Waals surface area contributed by atoms with Crippen molar-refractivity contribution < 1.29 is 0 Å². The van der Waals surface area contributed by atoms with E-state index < -0.39 is 0 Å². The number of nitrogens with two attached hydrogens (primary N) is 2. The molecule has 0 aromatic heterocycles. The van der Waals surface area contributed by atoms with Gasteiger partial charge in [-0.15, -0.1) is 24.8 Å². The van der Waals surface area contributed by atoms with Crippen molar-refractivity contribution in [2.75, 3.05) is 11.5 Å². The average molecular weight is 285 g/mol. The molecule has 0 bridgehead atoms. The molecule has 0 aliphatic heterocycles. The quantitative estimate of drug-likeness (QED) is 0.821. The predicted octanol–water partition coefficient (Wildman–Crippen LogP) is 3.92. The van der Waals surface area contributed by atoms with Crippen molar-refractivity contribution in [3.05, 3.63) is 48.0 Å². The predicted molar refractivity (Wildman–Crippen MR) is 84.6 cm³/mol. The molecule has 0 aliphatic carbocycles. The van der Waals surface area contributed by atoms with Crippen molar-refractivity contribution in [3.63, 3.8) is 0 Å². The molecule has 0 atom stereocenters. The summed E-state index contributed by atoms with van der Waals surface area (Å²) in [5.41, 5.74) is 16.8. The minimum absolute atomic E-state index is 0. The third-order valence-electron chi connectivity index (χ3n) is 2.77. The van der Waals surface area contributed by atoms with E-state index in [1.165, 1.54) is 11.1 Å². The van der Waals surface area contributed by atoms with Gasteiger partial charge in [-0.2, -0.15) is 0 Å². The summed E-state index contributed by atoms with van der Waals surface area (Å²) in [7, 11) is 0. The van der Waals surface area contributed by atoms with Crippen LogP contribution in [0.3, 0.4) is 0 Å². The van der Waals surface area contributed by atoms with E-state index in [9.17, 15) is 0 Å². The van der Waals surface area contributed by atoms with Gasteiger partial charge in [-0.3, -0.25) is 0 Å². The Morgan fingerprint density at radius 1 is 0.889 bits per heavy atom. The Labute approximate surface area is 120 Å². The minimum Gasteiger partial charge on any atom is -0.399 e. The Bertz CT molecular complexity index is 513. The first-order valence-corrected chi connectivity index (χ1v) is 5.45. The van der Waals surface area contributed by atoms with E-state index in [0.29, 0.717) is 0 Å². The zero-order valence-electron chi connectivity index (χ0n) is 10.2. The van der Waals surface area contributed by atoms with Crippen LogP contribution < -0.4 is 11.5 Å². The number of nitrogen functional groups attached to an aromatic ring is 2. The molecule has 0 heterocycles. The van der Waals surface area contributed by atoms with Crippen molar-refractivity contribution in [1.29, 1.82) is 0 Å². The Kier molecular flexibility index (Phi) is 6.60. The molecular formula is C14H18Cl2N2. The standard InChI is InChI=1S/C14H16N2.2ClH/c1-2-10-5-3-4-6-12(10)13-9-11(15)7-8-14(13)16;;/h3-9H,2,15-16H2,1H3;2*1H. The third kappa shape index (κ3) is 3.31. The molecule has 0 fully saturated rings. The van der Waals surface area contributed by atoms with Crippen LogP contribution in [0, 0.1) is 0 Å². The summed E-state index contributed by atoms with van der Waals surface area (Å²) >= 11 is 0. The number of aryl methyl sites for hydroxylation is 1. The first kappa shape index (κ1) is 16.6. The monoisotopic (exact) mass is 284 g/mol. The lowest BCUT2D eigenvalue weighted by molar-refractivity contribution is 1.14. The molecule has 0 saturated carbocycles. The normalized spacial score (nSPS) is 9.17. The van der Waals surface area contributed by atoms with Crippen LogP contribution in [0.2, 0.25) is 0 Å². The van der Waals surface area contributed by atoms with Crippen LogP contribution in [0.1, 0.15) is 12.5 Å². The van der Waals surface area contributed by atoms with E-state index in [1.807, 2.05) is 30.3 Å². The smallest absolute Gasteiger partial charge is 0.0395 e. The Morgan fingerprint density at radius 2 is 1.56 bits per heavy atom. The second-order valence-electron chi connectivity index (χ2n) is 3.86. The van der Waals surface area contributed by atoms with Crippen LogP contribution >= 0.6 is 24.8 Å². The minimum atomic E-state index is 0. The van der Waals surface area contributed by atoms with Crippen LogP contribution in [0.4, 0.5) is 11.4 Å². The largest absolute Gasteiger partial charge is 0.399 e. The van der Waals surface area contributed by atoms with Crippen LogP contribution in [0.15, 0.2) is 42.5 Å². The van der Waals surface area contributed by atoms with E-state index in [2.05, 4.69) is 19.1 Å². The summed E-state index contributed by atoms with van der Waals surface area (Å²) in [6, 6.07) is 13.9. The van der Waals surface area contributed by atoms with Gasteiger partial charge in [0.05, 0.1) is 0 Å². The number of hydrogen-bond donors (Lipinski definition) is 2. The summed E-state index contributed by atoms with van der Waals surface area (Å²) < 4.78 is 0. The van der Waals surface area contributed by atoms with E-state index in [1.54, 1.807) is 0 Å². The molecule has 4 N–H and O–H groups in total. The molecule has 0 unspecified atom stereocenters. The van der Waals surface area contributed by atoms with Gasteiger partial charge in [0, 0.05) is 16.9 Å². The molecular weight excluding hydrogens is 267 g/mol. The van der Waals surface area contributed by atoms with Gasteiger partial charge in [-0.05, 0) is 35.7 Å². The number of halogens is 2. The summed E-state index contributed by atoms with van der Waals surface area (Å²) in [6.07, 6.45) is 0.990. The number of benzene rings is 2. The molecule has 0 spiro atoms. The van der Waals surface area contributed by atoms with E-state index in [-0.39, 0.29) is 24.8 Å². The molecule has 0 saturated heterocycles. The van der Waals surface area contributed by atoms with E-state index >= 15 is 0 Å². The molecule has 0 aliphatic rings. The van der Waals surface area contributed by atoms with Crippen molar-refractivity contribution in [2.24, 2.45) is 0 Å². The van der Waals surface area contributed by atoms with Gasteiger partial charge in [-0.1, -0.05) is 31.2 Å². The van der Waals surface area contributed by atoms with Crippen LogP contribution in [-0.4, -0.2) is 0 Å². The SMILES string of the molecule is CCc1ccccc1-c1cc(N)ccc1N.Cl.Cl. The molecule has 2 aromatic carbocycles. The molecule has 18 heavy (non-hydrogen) atoms. The highest BCUT2D eigenvalue weighted by atomic mass is 35.5. The summed E-state index contributed by atoms with van der Waals surface area (Å²) in [4.78, 5) is 0. The first-order valence-electron chi connectivity index (χ1n) is 5.45. The molecule has 0 radical (unpaired) electrons. The van der Waals surface area contributed by atoms with Crippen molar-refractivity contribution in [1.82, 2.24) is 0 Å². The van der Waals surface area contributed by atoms with E-state index in [4.69, 9.17) is 11.5 Å². The van der Waals surface area contributed by atoms with Crippen molar-refractivity contribution in [2.45, 2.75) is 13.3 Å². The molecule has 2 nitrogen and oxygen atoms in total. The second kappa shape index (κ2) is 7.14. The zero-order chi connectivity index (χ0) is 11.5. The summed E-state index contributed by atoms with van der Waals surface area (Å²) in [5, 5.41) is 0. The second-order valence-corrected chi connectivity index (χ2v) is 3.86. The Hall–Kier alpha value is -1.38. The fraction of sp³-hybridized carbons (Fsp3) is 0.143. The highest BCUT2D eigenvalue weighted by molar-refractivity contribution is 5.85. The van der Waals surface area contributed by atoms with Gasteiger partial charge in [0.15, 0.2) is 0 Å². The zero-order valence-corrected chi connectivity index (χ0v) is 11.9. The first-order chi connectivity index (χ1) is 7.72. The van der Waals surface area contributed by atoms with Gasteiger partial charge in [0.2, 0.25) is 0 Å². The molecule has 98 valence electrons. The Balaban J connectivity index is 0.00000144. The lowest BCUT2D eigenvalue weighted by atomic mass is 9.96. The summed E-state index contributed by atoms with van der Waals surface area (Å²) in [6.45, 7) is 2.14. The van der Waals surface area contributed by atoms with Gasteiger partial charge >= 0.3 is 0 Å². The maximum atomic E-state index is 5.99. The van der Waals surface area contributed by atoms with E-state index in [0.717, 1.165) is 23.4 Å². The fourth-order valence-corrected chi connectivity index (χ4v) is 1.90. The van der Waals surface area contributed by atoms with Crippen LogP contribution in [0.5, 0.6) is 0 Å². The Morgan fingerprint density at radius 3 is 2.22 bits per heavy atom. The molecule has 2 rings (SSSR count). The molecule has 4 heteroatoms. The van der Waals surface area contributed by atoms with Gasteiger partial charge in [0.25, 0.3) is 0 Å². The van der Waals surface area contributed by atoms with Crippen molar-refractivity contribution in [3.8, 4) is 11.1 Å². The lowest BCUT2D eigenvalue weighted by Gasteiger charge is -2.11. The van der Waals surface area contributed by atoms with Crippen LogP contribution in [0.25, 0.3) is 11.1 Å². The molecule has 2 aromatic rings. The van der Waals surface area contributed by atoms with Gasteiger partial charge in [-0.25, -0.2) is 0 Å². The topological polar surface area (TPSA) is 52.0 Å². The molecule has 0 amide bonds. The van der Waals surface area contributed by atoms with Crippen molar-refractivity contribution >= 4 is 36.2 Å². The number of rotatable bonds is 2. The fourth-order valence-electron chi connectivity index (χ4n) is 1.90. The van der Waals surface area contributed by atoms with Crippen LogP contribution in [-0.2, 0) is 6.42 Å². The third-order valence-corrected chi connectivity index (χ3v) is 2.77. The average Bonchev–Trinajstić information content (AvgIpc) is 2.32. The van der Waals surface area contributed by atoms with Gasteiger partial charge in [0.1, 0.15) is 0 Å². The van der Waals surface area contributed by atoms with Gasteiger partial charge < -0.3 is 11.5 Å². The lowest BCUT2D eigenvalue weighted by Crippen LogP contribution is -1.95. The highest BCUT2D eigenvalue weighted by Crippen LogP contribution is 2.30. The maximum absolute atomic E-state index is 5.99.